The van der Waals surface area contributed by atoms with E-state index in [0.717, 1.165) is 44.1 Å². The van der Waals surface area contributed by atoms with Crippen LogP contribution < -0.4 is 20.1 Å². The highest BCUT2D eigenvalue weighted by atomic mass is 32.1. The lowest BCUT2D eigenvalue weighted by molar-refractivity contribution is 0.176. The molecule has 1 heterocycles. The Bertz CT molecular complexity index is 856. The van der Waals surface area contributed by atoms with Crippen molar-refractivity contribution < 1.29 is 9.47 Å². The molecule has 0 amide bonds. The molecule has 29 heavy (non-hydrogen) atoms. The number of methoxy groups -OCH3 is 2. The molecule has 1 aliphatic rings. The molecule has 2 N–H and O–H groups in total. The number of nitrogens with one attached hydrogen (secondary N) is 2. The predicted molar refractivity (Wildman–Crippen MR) is 122 cm³/mol. The van der Waals surface area contributed by atoms with Gasteiger partial charge in [-0.1, -0.05) is 29.8 Å². The van der Waals surface area contributed by atoms with Crippen LogP contribution in [0.4, 0.5) is 0 Å². The van der Waals surface area contributed by atoms with Crippen molar-refractivity contribution in [1.29, 1.82) is 0 Å². The van der Waals surface area contributed by atoms with Crippen LogP contribution in [0, 0.1) is 6.92 Å². The standard InChI is InChI=1S/C23H31N3O2S/c1-5-24-23(29)25-14-20-19-13-22(28-4)21(27-3)12-18(19)9-10-26(20)15-17-8-6-7-16(2)11-17/h6-8,11-13,20H,5,9-10,14-15H2,1-4H3,(H2,24,25,29)/t20-/m0/s1. The van der Waals surface area contributed by atoms with Crippen molar-refractivity contribution >= 4 is 17.3 Å². The third-order valence-electron chi connectivity index (χ3n) is 5.37. The molecule has 3 rings (SSSR count). The summed E-state index contributed by atoms with van der Waals surface area (Å²) in [5.74, 6) is 1.55. The third-order valence-corrected chi connectivity index (χ3v) is 5.66. The second kappa shape index (κ2) is 9.94. The van der Waals surface area contributed by atoms with Crippen LogP contribution in [0.25, 0.3) is 0 Å². The van der Waals surface area contributed by atoms with Gasteiger partial charge in [-0.05, 0) is 61.3 Å². The van der Waals surface area contributed by atoms with Crippen molar-refractivity contribution in [3.8, 4) is 11.5 Å². The van der Waals surface area contributed by atoms with Gasteiger partial charge >= 0.3 is 0 Å². The van der Waals surface area contributed by atoms with Gasteiger partial charge in [-0.3, -0.25) is 4.90 Å². The Hall–Kier alpha value is -2.31. The van der Waals surface area contributed by atoms with E-state index in [-0.39, 0.29) is 6.04 Å². The van der Waals surface area contributed by atoms with E-state index in [0.29, 0.717) is 5.11 Å². The molecule has 1 atom stereocenters. The molecule has 0 unspecified atom stereocenters. The maximum absolute atomic E-state index is 5.58. The monoisotopic (exact) mass is 413 g/mol. The first kappa shape index (κ1) is 21.4. The molecule has 2 aromatic carbocycles. The van der Waals surface area contributed by atoms with Gasteiger partial charge in [0.2, 0.25) is 0 Å². The smallest absolute Gasteiger partial charge is 0.166 e. The van der Waals surface area contributed by atoms with Crippen molar-refractivity contribution in [2.45, 2.75) is 32.9 Å². The van der Waals surface area contributed by atoms with Crippen molar-refractivity contribution in [3.63, 3.8) is 0 Å². The Morgan fingerprint density at radius 3 is 2.59 bits per heavy atom. The molecule has 1 aliphatic heterocycles. The highest BCUT2D eigenvalue weighted by Crippen LogP contribution is 2.38. The van der Waals surface area contributed by atoms with Crippen molar-refractivity contribution in [2.75, 3.05) is 33.9 Å². The average molecular weight is 414 g/mol. The van der Waals surface area contributed by atoms with Gasteiger partial charge in [-0.25, -0.2) is 0 Å². The zero-order valence-corrected chi connectivity index (χ0v) is 18.6. The van der Waals surface area contributed by atoms with Gasteiger partial charge in [0.15, 0.2) is 16.6 Å². The molecule has 0 aliphatic carbocycles. The fraction of sp³-hybridized carbons (Fsp3) is 0.435. The number of rotatable bonds is 7. The lowest BCUT2D eigenvalue weighted by Gasteiger charge is -2.38. The summed E-state index contributed by atoms with van der Waals surface area (Å²) in [6.45, 7) is 7.61. The quantitative estimate of drug-likeness (QED) is 0.677. The number of hydrogen-bond acceptors (Lipinski definition) is 4. The molecule has 0 spiro atoms. The van der Waals surface area contributed by atoms with Gasteiger partial charge in [-0.15, -0.1) is 0 Å². The van der Waals surface area contributed by atoms with E-state index >= 15 is 0 Å². The van der Waals surface area contributed by atoms with Gasteiger partial charge in [0.25, 0.3) is 0 Å². The average Bonchev–Trinajstić information content (AvgIpc) is 2.72. The molecule has 0 fully saturated rings. The van der Waals surface area contributed by atoms with Crippen LogP contribution in [0.15, 0.2) is 36.4 Å². The Kier molecular flexibility index (Phi) is 7.34. The van der Waals surface area contributed by atoms with Crippen LogP contribution in [-0.4, -0.2) is 43.9 Å². The number of hydrogen-bond donors (Lipinski definition) is 2. The number of aryl methyl sites for hydroxylation is 1. The lowest BCUT2D eigenvalue weighted by Crippen LogP contribution is -2.44. The first-order valence-electron chi connectivity index (χ1n) is 10.1. The van der Waals surface area contributed by atoms with E-state index in [9.17, 15) is 0 Å². The minimum Gasteiger partial charge on any atom is -0.493 e. The topological polar surface area (TPSA) is 45.8 Å². The lowest BCUT2D eigenvalue weighted by atomic mass is 9.91. The molecule has 6 heteroatoms. The summed E-state index contributed by atoms with van der Waals surface area (Å²) in [5.41, 5.74) is 5.19. The predicted octanol–water partition coefficient (Wildman–Crippen LogP) is 3.60. The fourth-order valence-corrected chi connectivity index (χ4v) is 4.19. The maximum Gasteiger partial charge on any atom is 0.166 e. The molecule has 0 bridgehead atoms. The second-order valence-electron chi connectivity index (χ2n) is 7.37. The highest BCUT2D eigenvalue weighted by molar-refractivity contribution is 7.80. The highest BCUT2D eigenvalue weighted by Gasteiger charge is 2.29. The van der Waals surface area contributed by atoms with Crippen molar-refractivity contribution in [3.05, 3.63) is 58.7 Å². The number of nitrogens with zero attached hydrogens (tertiary/aromatic N) is 1. The first-order chi connectivity index (χ1) is 14.0. The van der Waals surface area contributed by atoms with E-state index < -0.39 is 0 Å². The van der Waals surface area contributed by atoms with Crippen molar-refractivity contribution in [2.24, 2.45) is 0 Å². The molecular formula is C23H31N3O2S. The van der Waals surface area contributed by atoms with Gasteiger partial charge in [0, 0.05) is 26.2 Å². The normalized spacial score (nSPS) is 16.1. The summed E-state index contributed by atoms with van der Waals surface area (Å²) in [4.78, 5) is 2.52. The van der Waals surface area contributed by atoms with Crippen LogP contribution in [0.3, 0.4) is 0 Å². The Morgan fingerprint density at radius 2 is 1.90 bits per heavy atom. The number of fused-ring (bicyclic) bond motifs is 1. The fourth-order valence-electron chi connectivity index (χ4n) is 3.97. The second-order valence-corrected chi connectivity index (χ2v) is 7.78. The van der Waals surface area contributed by atoms with Gasteiger partial charge in [0.1, 0.15) is 0 Å². The molecule has 0 saturated carbocycles. The summed E-state index contributed by atoms with van der Waals surface area (Å²) in [6, 6.07) is 13.2. The zero-order chi connectivity index (χ0) is 20.8. The minimum atomic E-state index is 0.190. The van der Waals surface area contributed by atoms with Gasteiger partial charge in [0.05, 0.1) is 20.3 Å². The van der Waals surface area contributed by atoms with E-state index in [2.05, 4.69) is 58.9 Å². The molecular weight excluding hydrogens is 382 g/mol. The molecule has 0 radical (unpaired) electrons. The Labute approximate surface area is 179 Å². The summed E-state index contributed by atoms with van der Waals surface area (Å²) in [7, 11) is 3.37. The Morgan fingerprint density at radius 1 is 1.14 bits per heavy atom. The molecule has 0 aromatic heterocycles. The van der Waals surface area contributed by atoms with Crippen LogP contribution >= 0.6 is 12.2 Å². The summed E-state index contributed by atoms with van der Waals surface area (Å²) >= 11 is 5.41. The number of benzene rings is 2. The SMILES string of the molecule is CCNC(=S)NC[C@H]1c2cc(OC)c(OC)cc2CCN1Cc1cccc(C)c1. The molecule has 156 valence electrons. The molecule has 5 nitrogen and oxygen atoms in total. The van der Waals surface area contributed by atoms with Crippen LogP contribution in [-0.2, 0) is 13.0 Å². The summed E-state index contributed by atoms with van der Waals surface area (Å²) in [6.07, 6.45) is 0.982. The Balaban J connectivity index is 1.91. The largest absolute Gasteiger partial charge is 0.493 e. The van der Waals surface area contributed by atoms with E-state index in [1.54, 1.807) is 14.2 Å². The van der Waals surface area contributed by atoms with Crippen LogP contribution in [0.1, 0.15) is 35.2 Å². The van der Waals surface area contributed by atoms with Gasteiger partial charge in [-0.2, -0.15) is 0 Å². The molecule has 2 aromatic rings. The first-order valence-corrected chi connectivity index (χ1v) is 10.5. The minimum absolute atomic E-state index is 0.190. The third kappa shape index (κ3) is 5.19. The van der Waals surface area contributed by atoms with Gasteiger partial charge < -0.3 is 20.1 Å². The summed E-state index contributed by atoms with van der Waals surface area (Å²) < 4.78 is 11.1. The van der Waals surface area contributed by atoms with Crippen LogP contribution in [0.2, 0.25) is 0 Å². The molecule has 0 saturated heterocycles. The summed E-state index contributed by atoms with van der Waals surface area (Å²) in [5, 5.41) is 7.26. The zero-order valence-electron chi connectivity index (χ0n) is 17.7. The van der Waals surface area contributed by atoms with Crippen LogP contribution in [0.5, 0.6) is 11.5 Å². The van der Waals surface area contributed by atoms with E-state index in [4.69, 9.17) is 21.7 Å². The maximum atomic E-state index is 5.58. The van der Waals surface area contributed by atoms with Crippen molar-refractivity contribution in [1.82, 2.24) is 15.5 Å². The van der Waals surface area contributed by atoms with E-state index in [1.807, 2.05) is 6.92 Å². The van der Waals surface area contributed by atoms with E-state index in [1.165, 1.54) is 22.3 Å². The number of thiocarbonyl (C=S) groups is 1. The number of ether oxygens (including phenoxy) is 2.